The van der Waals surface area contributed by atoms with E-state index in [0.717, 1.165) is 4.47 Å². The van der Waals surface area contributed by atoms with Crippen LogP contribution in [-0.4, -0.2) is 4.98 Å². The number of halogens is 2. The Bertz CT molecular complexity index is 536. The molecule has 0 saturated heterocycles. The highest BCUT2D eigenvalue weighted by molar-refractivity contribution is 9.10. The average molecular weight is 315 g/mol. The number of aromatic nitrogens is 1. The highest BCUT2D eigenvalue weighted by Gasteiger charge is 2.04. The molecule has 0 aliphatic heterocycles. The molecule has 1 aromatic carbocycles. The summed E-state index contributed by atoms with van der Waals surface area (Å²) in [6, 6.07) is 8.80. The number of anilines is 1. The summed E-state index contributed by atoms with van der Waals surface area (Å²) in [6.07, 6.45) is 1.59. The second-order valence-electron chi connectivity index (χ2n) is 3.20. The minimum absolute atomic E-state index is 0.524. The van der Waals surface area contributed by atoms with Crippen molar-refractivity contribution < 1.29 is 4.74 Å². The summed E-state index contributed by atoms with van der Waals surface area (Å²) in [5.74, 6) is 6.97. The summed E-state index contributed by atoms with van der Waals surface area (Å²) < 4.78 is 6.52. The third-order valence-corrected chi connectivity index (χ3v) is 2.79. The van der Waals surface area contributed by atoms with Crippen LogP contribution in [0.1, 0.15) is 0 Å². The lowest BCUT2D eigenvalue weighted by molar-refractivity contribution is 0.482. The molecular weight excluding hydrogens is 305 g/mol. The Labute approximate surface area is 112 Å². The van der Waals surface area contributed by atoms with Crippen molar-refractivity contribution in [1.82, 2.24) is 4.98 Å². The van der Waals surface area contributed by atoms with Crippen LogP contribution in [-0.2, 0) is 0 Å². The van der Waals surface area contributed by atoms with Crippen LogP contribution in [0.15, 0.2) is 41.0 Å². The van der Waals surface area contributed by atoms with Gasteiger partial charge in [-0.15, -0.1) is 0 Å². The molecule has 0 saturated carbocycles. The zero-order valence-electron chi connectivity index (χ0n) is 8.65. The Morgan fingerprint density at radius 1 is 1.29 bits per heavy atom. The van der Waals surface area contributed by atoms with Gasteiger partial charge in [0, 0.05) is 16.7 Å². The van der Waals surface area contributed by atoms with E-state index in [4.69, 9.17) is 22.2 Å². The molecule has 0 aliphatic rings. The first-order valence-corrected chi connectivity index (χ1v) is 5.92. The second-order valence-corrected chi connectivity index (χ2v) is 4.52. The van der Waals surface area contributed by atoms with E-state index in [1.54, 1.807) is 30.5 Å². The SMILES string of the molecule is NNc1cc(Oc2ccc(Br)cc2Cl)ccn1. The Kier molecular flexibility index (Phi) is 3.83. The third kappa shape index (κ3) is 3.09. The number of rotatable bonds is 3. The lowest BCUT2D eigenvalue weighted by atomic mass is 10.3. The van der Waals surface area contributed by atoms with E-state index < -0.39 is 0 Å². The molecule has 0 aliphatic carbocycles. The predicted molar refractivity (Wildman–Crippen MR) is 71.3 cm³/mol. The van der Waals surface area contributed by atoms with Crippen LogP contribution < -0.4 is 16.0 Å². The van der Waals surface area contributed by atoms with Crippen molar-refractivity contribution in [3.8, 4) is 11.5 Å². The summed E-state index contributed by atoms with van der Waals surface area (Å²) in [6.45, 7) is 0. The van der Waals surface area contributed by atoms with Crippen LogP contribution in [0.3, 0.4) is 0 Å². The van der Waals surface area contributed by atoms with Crippen molar-refractivity contribution in [3.63, 3.8) is 0 Å². The molecule has 2 rings (SSSR count). The summed E-state index contributed by atoms with van der Waals surface area (Å²) in [7, 11) is 0. The van der Waals surface area contributed by atoms with Gasteiger partial charge < -0.3 is 10.2 Å². The fourth-order valence-corrected chi connectivity index (χ4v) is 1.95. The van der Waals surface area contributed by atoms with Crippen molar-refractivity contribution in [3.05, 3.63) is 46.0 Å². The van der Waals surface area contributed by atoms with Crippen LogP contribution in [0.4, 0.5) is 5.82 Å². The van der Waals surface area contributed by atoms with Crippen LogP contribution >= 0.6 is 27.5 Å². The largest absolute Gasteiger partial charge is 0.456 e. The van der Waals surface area contributed by atoms with Crippen molar-refractivity contribution >= 4 is 33.3 Å². The Hall–Kier alpha value is -1.30. The predicted octanol–water partition coefficient (Wildman–Crippen LogP) is 3.58. The Morgan fingerprint density at radius 3 is 2.82 bits per heavy atom. The van der Waals surface area contributed by atoms with Crippen LogP contribution in [0, 0.1) is 0 Å². The van der Waals surface area contributed by atoms with Crippen molar-refractivity contribution in [1.29, 1.82) is 0 Å². The molecule has 4 nitrogen and oxygen atoms in total. The van der Waals surface area contributed by atoms with Crippen molar-refractivity contribution in [2.75, 3.05) is 5.43 Å². The van der Waals surface area contributed by atoms with Gasteiger partial charge in [-0.3, -0.25) is 0 Å². The van der Waals surface area contributed by atoms with E-state index in [-0.39, 0.29) is 0 Å². The second kappa shape index (κ2) is 5.35. The number of nitrogen functional groups attached to an aromatic ring is 1. The number of hydrogen-bond donors (Lipinski definition) is 2. The summed E-state index contributed by atoms with van der Waals surface area (Å²) in [4.78, 5) is 3.98. The zero-order valence-corrected chi connectivity index (χ0v) is 11.0. The fourth-order valence-electron chi connectivity index (χ4n) is 1.24. The molecule has 0 fully saturated rings. The molecule has 2 aromatic rings. The number of benzene rings is 1. The summed E-state index contributed by atoms with van der Waals surface area (Å²) in [5.41, 5.74) is 2.45. The number of nitrogens with one attached hydrogen (secondary N) is 1. The van der Waals surface area contributed by atoms with Crippen LogP contribution in [0.5, 0.6) is 11.5 Å². The highest BCUT2D eigenvalue weighted by atomic mass is 79.9. The normalized spacial score (nSPS) is 10.1. The van der Waals surface area contributed by atoms with E-state index in [1.807, 2.05) is 6.07 Å². The Morgan fingerprint density at radius 2 is 2.12 bits per heavy atom. The maximum Gasteiger partial charge on any atom is 0.146 e. The molecule has 3 N–H and O–H groups in total. The minimum atomic E-state index is 0.524. The quantitative estimate of drug-likeness (QED) is 0.671. The van der Waals surface area contributed by atoms with Crippen molar-refractivity contribution in [2.24, 2.45) is 5.84 Å². The fraction of sp³-hybridized carbons (Fsp3) is 0. The minimum Gasteiger partial charge on any atom is -0.456 e. The molecule has 88 valence electrons. The van der Waals surface area contributed by atoms with E-state index in [0.29, 0.717) is 22.3 Å². The third-order valence-electron chi connectivity index (χ3n) is 2.00. The van der Waals surface area contributed by atoms with Crippen LogP contribution in [0.2, 0.25) is 5.02 Å². The molecule has 1 aromatic heterocycles. The number of nitrogens with two attached hydrogens (primary N) is 1. The van der Waals surface area contributed by atoms with Gasteiger partial charge in [-0.1, -0.05) is 27.5 Å². The molecule has 0 atom stereocenters. The lowest BCUT2D eigenvalue weighted by Crippen LogP contribution is -2.08. The number of nitrogens with zero attached hydrogens (tertiary/aromatic N) is 1. The molecule has 1 heterocycles. The van der Waals surface area contributed by atoms with E-state index in [1.165, 1.54) is 0 Å². The van der Waals surface area contributed by atoms with E-state index in [2.05, 4.69) is 26.3 Å². The summed E-state index contributed by atoms with van der Waals surface area (Å²) >= 11 is 9.37. The van der Waals surface area contributed by atoms with Gasteiger partial charge in [-0.25, -0.2) is 10.8 Å². The van der Waals surface area contributed by atoms with Gasteiger partial charge in [0.25, 0.3) is 0 Å². The molecular formula is C11H9BrClN3O. The molecule has 0 bridgehead atoms. The van der Waals surface area contributed by atoms with Crippen molar-refractivity contribution in [2.45, 2.75) is 0 Å². The zero-order chi connectivity index (χ0) is 12.3. The molecule has 17 heavy (non-hydrogen) atoms. The highest BCUT2D eigenvalue weighted by Crippen LogP contribution is 2.31. The van der Waals surface area contributed by atoms with Gasteiger partial charge in [-0.2, -0.15) is 0 Å². The smallest absolute Gasteiger partial charge is 0.146 e. The van der Waals surface area contributed by atoms with Gasteiger partial charge in [0.2, 0.25) is 0 Å². The van der Waals surface area contributed by atoms with Gasteiger partial charge in [0.05, 0.1) is 5.02 Å². The summed E-state index contributed by atoms with van der Waals surface area (Å²) in [5, 5.41) is 0.526. The molecule has 0 unspecified atom stereocenters. The monoisotopic (exact) mass is 313 g/mol. The number of pyridine rings is 1. The first-order chi connectivity index (χ1) is 8.19. The molecule has 0 spiro atoms. The van der Waals surface area contributed by atoms with Gasteiger partial charge in [0.15, 0.2) is 0 Å². The molecule has 0 amide bonds. The number of hydrazine groups is 1. The molecule has 6 heteroatoms. The first-order valence-electron chi connectivity index (χ1n) is 4.74. The maximum atomic E-state index is 6.04. The lowest BCUT2D eigenvalue weighted by Gasteiger charge is -2.08. The van der Waals surface area contributed by atoms with Crippen LogP contribution in [0.25, 0.3) is 0 Å². The van der Waals surface area contributed by atoms with Gasteiger partial charge in [-0.05, 0) is 24.3 Å². The number of ether oxygens (including phenoxy) is 1. The average Bonchev–Trinajstić information content (AvgIpc) is 2.33. The standard InChI is InChI=1S/C11H9BrClN3O/c12-7-1-2-10(9(13)5-7)17-8-3-4-15-11(6-8)16-14/h1-6H,14H2,(H,15,16). The van der Waals surface area contributed by atoms with Gasteiger partial charge in [0.1, 0.15) is 17.3 Å². The Balaban J connectivity index is 2.25. The topological polar surface area (TPSA) is 60.2 Å². The first kappa shape index (κ1) is 12.2. The van der Waals surface area contributed by atoms with E-state index in [9.17, 15) is 0 Å². The molecule has 0 radical (unpaired) electrons. The maximum absolute atomic E-state index is 6.04. The number of hydrogen-bond acceptors (Lipinski definition) is 4. The van der Waals surface area contributed by atoms with Gasteiger partial charge >= 0.3 is 0 Å². The van der Waals surface area contributed by atoms with E-state index >= 15 is 0 Å².